The maximum Gasteiger partial charge on any atom is 0.347 e. The topological polar surface area (TPSA) is 124 Å². The normalized spacial score (nSPS) is 10.6. The Labute approximate surface area is 175 Å². The van der Waals surface area contributed by atoms with Gasteiger partial charge in [-0.3, -0.25) is 4.72 Å². The van der Waals surface area contributed by atoms with Crippen molar-refractivity contribution >= 4 is 33.6 Å². The Bertz CT molecular complexity index is 1010. The highest BCUT2D eigenvalue weighted by atomic mass is 32.2. The van der Waals surface area contributed by atoms with Crippen molar-refractivity contribution in [3.05, 3.63) is 59.8 Å². The average molecular weight is 433 g/mol. The third kappa shape index (κ3) is 6.31. The Morgan fingerprint density at radius 1 is 0.967 bits per heavy atom. The van der Waals surface area contributed by atoms with Crippen LogP contribution >= 0.6 is 0 Å². The summed E-state index contributed by atoms with van der Waals surface area (Å²) in [5.74, 6) is -1.44. The third-order valence-electron chi connectivity index (χ3n) is 3.67. The molecule has 0 saturated heterocycles. The van der Waals surface area contributed by atoms with Crippen LogP contribution in [0.5, 0.6) is 0 Å². The Kier molecular flexibility index (Phi) is 7.93. The van der Waals surface area contributed by atoms with E-state index in [9.17, 15) is 18.0 Å². The average Bonchev–Trinajstić information content (AvgIpc) is 2.69. The first-order valence-corrected chi connectivity index (χ1v) is 10.6. The predicted octanol–water partition coefficient (Wildman–Crippen LogP) is 2.61. The van der Waals surface area contributed by atoms with Crippen LogP contribution in [0.15, 0.2) is 59.1 Å². The molecule has 2 rings (SSSR count). The lowest BCUT2D eigenvalue weighted by Crippen LogP contribution is -2.19. The second-order valence-electron chi connectivity index (χ2n) is 5.97. The van der Waals surface area contributed by atoms with Gasteiger partial charge in [-0.25, -0.2) is 23.0 Å². The lowest BCUT2D eigenvalue weighted by molar-refractivity contribution is -0.146. The van der Waals surface area contributed by atoms with E-state index in [0.717, 1.165) is 11.8 Å². The Morgan fingerprint density at radius 3 is 2.10 bits per heavy atom. The first kappa shape index (κ1) is 22.9. The molecule has 0 aliphatic heterocycles. The van der Waals surface area contributed by atoms with Gasteiger partial charge in [0.2, 0.25) is 0 Å². The van der Waals surface area contributed by atoms with E-state index in [1.807, 2.05) is 6.92 Å². The number of hydrogen-bond acceptors (Lipinski definition) is 8. The molecule has 2 aromatic rings. The molecule has 0 aliphatic rings. The van der Waals surface area contributed by atoms with Crippen molar-refractivity contribution in [3.63, 3.8) is 0 Å². The van der Waals surface area contributed by atoms with Gasteiger partial charge in [0, 0.05) is 6.20 Å². The van der Waals surface area contributed by atoms with Crippen LogP contribution in [0.1, 0.15) is 19.4 Å². The van der Waals surface area contributed by atoms with Crippen LogP contribution < -0.4 is 10.0 Å². The fourth-order valence-electron chi connectivity index (χ4n) is 2.25. The number of hydrogen-bond donors (Lipinski definition) is 2. The van der Waals surface area contributed by atoms with Gasteiger partial charge in [-0.05, 0) is 45.0 Å². The van der Waals surface area contributed by atoms with Crippen molar-refractivity contribution in [2.75, 3.05) is 23.3 Å². The summed E-state index contributed by atoms with van der Waals surface area (Å²) in [5, 5.41) is 2.69. The number of anilines is 2. The number of nitrogens with zero attached hydrogens (tertiary/aromatic N) is 1. The fraction of sp³-hybridized carbons (Fsp3) is 0.250. The molecule has 1 aromatic heterocycles. The van der Waals surface area contributed by atoms with E-state index in [-0.39, 0.29) is 35.3 Å². The first-order valence-electron chi connectivity index (χ1n) is 9.14. The quantitative estimate of drug-likeness (QED) is 0.268. The zero-order valence-corrected chi connectivity index (χ0v) is 17.7. The number of carbonyl (C=O) groups is 2. The van der Waals surface area contributed by atoms with Crippen LogP contribution in [0.25, 0.3) is 0 Å². The molecular formula is C20H23N3O6S. The van der Waals surface area contributed by atoms with Crippen LogP contribution in [-0.2, 0) is 29.1 Å². The van der Waals surface area contributed by atoms with E-state index < -0.39 is 22.0 Å². The molecule has 1 heterocycles. The second-order valence-corrected chi connectivity index (χ2v) is 7.65. The number of rotatable bonds is 9. The highest BCUT2D eigenvalue weighted by Crippen LogP contribution is 2.17. The zero-order valence-electron chi connectivity index (χ0n) is 16.8. The van der Waals surface area contributed by atoms with E-state index in [4.69, 9.17) is 9.47 Å². The van der Waals surface area contributed by atoms with Gasteiger partial charge in [-0.15, -0.1) is 0 Å². The minimum absolute atomic E-state index is 0.0581. The van der Waals surface area contributed by atoms with Gasteiger partial charge in [0.25, 0.3) is 10.0 Å². The van der Waals surface area contributed by atoms with Crippen molar-refractivity contribution in [2.24, 2.45) is 0 Å². The molecule has 10 heteroatoms. The molecule has 0 fully saturated rings. The number of esters is 2. The molecule has 0 atom stereocenters. The number of carbonyl (C=O) groups excluding carboxylic acids is 2. The largest absolute Gasteiger partial charge is 0.462 e. The minimum atomic E-state index is -3.82. The van der Waals surface area contributed by atoms with E-state index in [0.29, 0.717) is 0 Å². The number of aryl methyl sites for hydroxylation is 1. The summed E-state index contributed by atoms with van der Waals surface area (Å²) in [5.41, 5.74) is 0.593. The lowest BCUT2D eigenvalue weighted by atomic mass is 10.2. The Balaban J connectivity index is 2.21. The van der Waals surface area contributed by atoms with Crippen LogP contribution in [0.2, 0.25) is 0 Å². The summed E-state index contributed by atoms with van der Waals surface area (Å²) in [4.78, 5) is 28.2. The molecule has 0 aliphatic carbocycles. The van der Waals surface area contributed by atoms with Gasteiger partial charge < -0.3 is 14.8 Å². The number of aromatic nitrogens is 1. The van der Waals surface area contributed by atoms with E-state index in [2.05, 4.69) is 15.0 Å². The number of benzene rings is 1. The van der Waals surface area contributed by atoms with Gasteiger partial charge in [-0.1, -0.05) is 23.8 Å². The number of nitrogens with one attached hydrogen (secondary N) is 2. The third-order valence-corrected chi connectivity index (χ3v) is 5.05. The van der Waals surface area contributed by atoms with Crippen LogP contribution in [0.3, 0.4) is 0 Å². The molecule has 1 aromatic carbocycles. The molecular weight excluding hydrogens is 410 g/mol. The highest BCUT2D eigenvalue weighted by molar-refractivity contribution is 7.92. The van der Waals surface area contributed by atoms with Crippen LogP contribution in [0.4, 0.5) is 11.6 Å². The molecule has 160 valence electrons. The minimum Gasteiger partial charge on any atom is -0.462 e. The fourth-order valence-corrected chi connectivity index (χ4v) is 3.25. The van der Waals surface area contributed by atoms with Crippen molar-refractivity contribution in [3.8, 4) is 0 Å². The van der Waals surface area contributed by atoms with Crippen molar-refractivity contribution in [1.82, 2.24) is 4.98 Å². The molecule has 0 amide bonds. The summed E-state index contributed by atoms with van der Waals surface area (Å²) in [6.45, 7) is 5.25. The summed E-state index contributed by atoms with van der Waals surface area (Å²) in [6, 6.07) is 10.9. The summed E-state index contributed by atoms with van der Waals surface area (Å²) in [6.07, 6.45) is 1.11. The Hall–Kier alpha value is -3.40. The van der Waals surface area contributed by atoms with Gasteiger partial charge in [0.1, 0.15) is 11.6 Å². The SMILES string of the molecule is CCOC(=O)C(=CNc1cccc(NS(=O)(=O)c2ccc(C)cc2)n1)C(=O)OCC. The van der Waals surface area contributed by atoms with E-state index in [1.165, 1.54) is 24.3 Å². The molecule has 0 bridgehead atoms. The van der Waals surface area contributed by atoms with Gasteiger partial charge in [0.05, 0.1) is 18.1 Å². The van der Waals surface area contributed by atoms with Crippen LogP contribution in [-0.4, -0.2) is 38.6 Å². The van der Waals surface area contributed by atoms with Gasteiger partial charge in [0.15, 0.2) is 5.57 Å². The monoisotopic (exact) mass is 433 g/mol. The summed E-state index contributed by atoms with van der Waals surface area (Å²) < 4.78 is 37.1. The number of sulfonamides is 1. The van der Waals surface area contributed by atoms with Crippen molar-refractivity contribution in [1.29, 1.82) is 0 Å². The number of ether oxygens (including phenoxy) is 2. The van der Waals surface area contributed by atoms with Gasteiger partial charge in [-0.2, -0.15) is 0 Å². The lowest BCUT2D eigenvalue weighted by Gasteiger charge is -2.10. The van der Waals surface area contributed by atoms with Crippen molar-refractivity contribution < 1.29 is 27.5 Å². The smallest absolute Gasteiger partial charge is 0.347 e. The van der Waals surface area contributed by atoms with Crippen molar-refractivity contribution in [2.45, 2.75) is 25.7 Å². The molecule has 0 spiro atoms. The molecule has 9 nitrogen and oxygen atoms in total. The predicted molar refractivity (Wildman–Crippen MR) is 111 cm³/mol. The van der Waals surface area contributed by atoms with E-state index >= 15 is 0 Å². The van der Waals surface area contributed by atoms with Gasteiger partial charge >= 0.3 is 11.9 Å². The van der Waals surface area contributed by atoms with Crippen LogP contribution in [0, 0.1) is 6.92 Å². The molecule has 30 heavy (non-hydrogen) atoms. The number of pyridine rings is 1. The maximum absolute atomic E-state index is 12.5. The standard InChI is InChI=1S/C20H23N3O6S/c1-4-28-19(24)16(20(25)29-5-2)13-21-17-7-6-8-18(22-17)23-30(26,27)15-11-9-14(3)10-12-15/h6-13H,4-5H2,1-3H3,(H2,21,22,23). The molecule has 0 saturated carbocycles. The molecule has 2 N–H and O–H groups in total. The maximum atomic E-state index is 12.5. The summed E-state index contributed by atoms with van der Waals surface area (Å²) >= 11 is 0. The second kappa shape index (κ2) is 10.4. The zero-order chi connectivity index (χ0) is 22.1. The molecule has 0 radical (unpaired) electrons. The highest BCUT2D eigenvalue weighted by Gasteiger charge is 2.21. The first-order chi connectivity index (χ1) is 14.3. The summed E-state index contributed by atoms with van der Waals surface area (Å²) in [7, 11) is -3.82. The van der Waals surface area contributed by atoms with E-state index in [1.54, 1.807) is 32.0 Å². The molecule has 0 unspecified atom stereocenters. The Morgan fingerprint density at radius 2 is 1.53 bits per heavy atom.